The van der Waals surface area contributed by atoms with Gasteiger partial charge < -0.3 is 18.9 Å². The standard InChI is InChI=1S/C17H24O5/c18-17(22-14-15-8-2-1-3-9-15)21-13-7-6-12-20-16-10-4-5-11-19-16/h1-3,8-9,16H,4-7,10-14H2. The van der Waals surface area contributed by atoms with Gasteiger partial charge in [-0.3, -0.25) is 0 Å². The fourth-order valence-corrected chi connectivity index (χ4v) is 2.18. The van der Waals surface area contributed by atoms with E-state index in [1.807, 2.05) is 30.3 Å². The molecule has 5 heteroatoms. The summed E-state index contributed by atoms with van der Waals surface area (Å²) >= 11 is 0. The van der Waals surface area contributed by atoms with Crippen molar-refractivity contribution < 1.29 is 23.7 Å². The molecule has 0 aromatic heterocycles. The Hall–Kier alpha value is -1.59. The number of carbonyl (C=O) groups excluding carboxylic acids is 1. The first kappa shape index (κ1) is 16.8. The normalized spacial score (nSPS) is 17.9. The second kappa shape index (κ2) is 10.2. The molecule has 5 nitrogen and oxygen atoms in total. The van der Waals surface area contributed by atoms with E-state index < -0.39 is 6.16 Å². The second-order valence-corrected chi connectivity index (χ2v) is 5.25. The molecule has 1 aromatic rings. The average Bonchev–Trinajstić information content (AvgIpc) is 2.58. The Kier molecular flexibility index (Phi) is 7.77. The summed E-state index contributed by atoms with van der Waals surface area (Å²) < 4.78 is 21.1. The highest BCUT2D eigenvalue weighted by molar-refractivity contribution is 5.59. The number of hydrogen-bond donors (Lipinski definition) is 0. The van der Waals surface area contributed by atoms with Crippen molar-refractivity contribution in [3.05, 3.63) is 35.9 Å². The predicted octanol–water partition coefficient (Wildman–Crippen LogP) is 3.66. The van der Waals surface area contributed by atoms with Crippen molar-refractivity contribution in [2.24, 2.45) is 0 Å². The molecule has 0 radical (unpaired) electrons. The monoisotopic (exact) mass is 308 g/mol. The number of hydrogen-bond acceptors (Lipinski definition) is 5. The minimum atomic E-state index is -0.625. The van der Waals surface area contributed by atoms with Crippen molar-refractivity contribution >= 4 is 6.16 Å². The van der Waals surface area contributed by atoms with Gasteiger partial charge in [0, 0.05) is 13.2 Å². The van der Waals surface area contributed by atoms with Gasteiger partial charge in [-0.15, -0.1) is 0 Å². The largest absolute Gasteiger partial charge is 0.508 e. The third-order valence-electron chi connectivity index (χ3n) is 3.40. The van der Waals surface area contributed by atoms with Crippen molar-refractivity contribution in [3.63, 3.8) is 0 Å². The lowest BCUT2D eigenvalue weighted by atomic mass is 10.2. The lowest BCUT2D eigenvalue weighted by Crippen LogP contribution is -2.22. The zero-order chi connectivity index (χ0) is 15.5. The zero-order valence-electron chi connectivity index (χ0n) is 12.9. The Morgan fingerprint density at radius 1 is 1.09 bits per heavy atom. The van der Waals surface area contributed by atoms with E-state index in [2.05, 4.69) is 0 Å². The third kappa shape index (κ3) is 6.91. The molecule has 1 saturated heterocycles. The number of unbranched alkanes of at least 4 members (excludes halogenated alkanes) is 1. The lowest BCUT2D eigenvalue weighted by Gasteiger charge is -2.22. The van der Waals surface area contributed by atoms with Crippen molar-refractivity contribution in [3.8, 4) is 0 Å². The van der Waals surface area contributed by atoms with Crippen LogP contribution in [0.15, 0.2) is 30.3 Å². The molecule has 122 valence electrons. The molecule has 0 bridgehead atoms. The van der Waals surface area contributed by atoms with Crippen molar-refractivity contribution in [1.29, 1.82) is 0 Å². The van der Waals surface area contributed by atoms with E-state index in [0.717, 1.165) is 37.9 Å². The summed E-state index contributed by atoms with van der Waals surface area (Å²) in [5.74, 6) is 0. The SMILES string of the molecule is O=C(OCCCCOC1CCCCO1)OCc1ccccc1. The number of benzene rings is 1. The van der Waals surface area contributed by atoms with Crippen LogP contribution in [0, 0.1) is 0 Å². The van der Waals surface area contributed by atoms with Crippen molar-refractivity contribution in [2.75, 3.05) is 19.8 Å². The summed E-state index contributed by atoms with van der Waals surface area (Å²) in [4.78, 5) is 11.4. The number of carbonyl (C=O) groups is 1. The average molecular weight is 308 g/mol. The van der Waals surface area contributed by atoms with E-state index in [1.54, 1.807) is 0 Å². The van der Waals surface area contributed by atoms with Crippen LogP contribution in [0.5, 0.6) is 0 Å². The van der Waals surface area contributed by atoms with Gasteiger partial charge in [-0.2, -0.15) is 0 Å². The van der Waals surface area contributed by atoms with E-state index in [0.29, 0.717) is 13.2 Å². The Labute approximate surface area is 131 Å². The second-order valence-electron chi connectivity index (χ2n) is 5.25. The van der Waals surface area contributed by atoms with Gasteiger partial charge in [0.25, 0.3) is 0 Å². The molecule has 1 aliphatic heterocycles. The summed E-state index contributed by atoms with van der Waals surface area (Å²) in [5, 5.41) is 0. The van der Waals surface area contributed by atoms with E-state index in [4.69, 9.17) is 18.9 Å². The summed E-state index contributed by atoms with van der Waals surface area (Å²) in [7, 11) is 0. The Morgan fingerprint density at radius 3 is 2.68 bits per heavy atom. The molecular weight excluding hydrogens is 284 g/mol. The van der Waals surface area contributed by atoms with Crippen LogP contribution >= 0.6 is 0 Å². The first-order chi connectivity index (χ1) is 10.8. The molecule has 1 aromatic carbocycles. The summed E-state index contributed by atoms with van der Waals surface area (Å²) in [6.07, 6.45) is 4.19. The van der Waals surface area contributed by atoms with Gasteiger partial charge in [-0.05, 0) is 37.7 Å². The molecule has 0 amide bonds. The van der Waals surface area contributed by atoms with Crippen LogP contribution in [-0.4, -0.2) is 32.3 Å². The molecule has 1 aliphatic rings. The molecule has 0 aliphatic carbocycles. The van der Waals surface area contributed by atoms with Crippen molar-refractivity contribution in [2.45, 2.75) is 45.0 Å². The van der Waals surface area contributed by atoms with Gasteiger partial charge in [0.15, 0.2) is 6.29 Å². The number of rotatable bonds is 8. The Balaban J connectivity index is 1.43. The molecular formula is C17H24O5. The Bertz CT molecular complexity index is 414. The van der Waals surface area contributed by atoms with Gasteiger partial charge in [0.05, 0.1) is 6.61 Å². The molecule has 1 fully saturated rings. The van der Waals surface area contributed by atoms with E-state index in [9.17, 15) is 4.79 Å². The van der Waals surface area contributed by atoms with E-state index in [-0.39, 0.29) is 12.9 Å². The van der Waals surface area contributed by atoms with Gasteiger partial charge in [-0.25, -0.2) is 4.79 Å². The van der Waals surface area contributed by atoms with Gasteiger partial charge in [-0.1, -0.05) is 30.3 Å². The fraction of sp³-hybridized carbons (Fsp3) is 0.588. The molecule has 2 rings (SSSR count). The maximum Gasteiger partial charge on any atom is 0.508 e. The maximum absolute atomic E-state index is 11.4. The molecule has 0 saturated carbocycles. The quantitative estimate of drug-likeness (QED) is 0.542. The topological polar surface area (TPSA) is 54.0 Å². The third-order valence-corrected chi connectivity index (χ3v) is 3.40. The smallest absolute Gasteiger partial charge is 0.434 e. The highest BCUT2D eigenvalue weighted by atomic mass is 16.7. The molecule has 1 heterocycles. The minimum absolute atomic E-state index is 0.0505. The van der Waals surface area contributed by atoms with Crippen LogP contribution in [0.1, 0.15) is 37.7 Å². The van der Waals surface area contributed by atoms with Crippen LogP contribution in [0.3, 0.4) is 0 Å². The molecule has 1 atom stereocenters. The summed E-state index contributed by atoms with van der Waals surface area (Å²) in [6, 6.07) is 9.53. The zero-order valence-corrected chi connectivity index (χ0v) is 12.9. The van der Waals surface area contributed by atoms with Crippen molar-refractivity contribution in [1.82, 2.24) is 0 Å². The highest BCUT2D eigenvalue weighted by Crippen LogP contribution is 2.13. The molecule has 0 spiro atoms. The van der Waals surface area contributed by atoms with Gasteiger partial charge in [0.2, 0.25) is 0 Å². The van der Waals surface area contributed by atoms with E-state index in [1.165, 1.54) is 6.42 Å². The minimum Gasteiger partial charge on any atom is -0.434 e. The summed E-state index contributed by atoms with van der Waals surface area (Å²) in [6.45, 7) is 2.01. The fourth-order valence-electron chi connectivity index (χ4n) is 2.18. The van der Waals surface area contributed by atoms with Gasteiger partial charge in [0.1, 0.15) is 6.61 Å². The van der Waals surface area contributed by atoms with Crippen LogP contribution in [-0.2, 0) is 25.6 Å². The van der Waals surface area contributed by atoms with Crippen LogP contribution in [0.4, 0.5) is 4.79 Å². The number of ether oxygens (including phenoxy) is 4. The predicted molar refractivity (Wildman–Crippen MR) is 81.4 cm³/mol. The van der Waals surface area contributed by atoms with Crippen LogP contribution in [0.25, 0.3) is 0 Å². The van der Waals surface area contributed by atoms with E-state index >= 15 is 0 Å². The Morgan fingerprint density at radius 2 is 1.91 bits per heavy atom. The molecule has 22 heavy (non-hydrogen) atoms. The first-order valence-electron chi connectivity index (χ1n) is 7.91. The first-order valence-corrected chi connectivity index (χ1v) is 7.91. The molecule has 1 unspecified atom stereocenters. The maximum atomic E-state index is 11.4. The molecule has 0 N–H and O–H groups in total. The lowest BCUT2D eigenvalue weighted by molar-refractivity contribution is -0.163. The van der Waals surface area contributed by atoms with Crippen LogP contribution in [0.2, 0.25) is 0 Å². The highest BCUT2D eigenvalue weighted by Gasteiger charge is 2.13. The van der Waals surface area contributed by atoms with Gasteiger partial charge >= 0.3 is 6.16 Å². The van der Waals surface area contributed by atoms with Crippen LogP contribution < -0.4 is 0 Å². The summed E-state index contributed by atoms with van der Waals surface area (Å²) in [5.41, 5.74) is 0.945.